The molecule has 0 aromatic heterocycles. The van der Waals surface area contributed by atoms with Gasteiger partial charge in [-0.05, 0) is 0 Å². The molecule has 0 aliphatic rings. The topological polar surface area (TPSA) is 86.5 Å². The minimum atomic E-state index is -0.998. The summed E-state index contributed by atoms with van der Waals surface area (Å²) in [6.45, 7) is 1.86. The van der Waals surface area contributed by atoms with Crippen LogP contribution in [0, 0.1) is 5.63 Å². The van der Waals surface area contributed by atoms with Crippen molar-refractivity contribution in [3.05, 3.63) is 0 Å². The van der Waals surface area contributed by atoms with Gasteiger partial charge in [0.25, 0.3) is 0 Å². The molecule has 0 aliphatic heterocycles. The van der Waals surface area contributed by atoms with Crippen molar-refractivity contribution in [2.45, 2.75) is 19.4 Å². The molecule has 0 saturated heterocycles. The molecule has 0 amide bonds. The number of nitrogens with two attached hydrogens (primary N) is 1. The Morgan fingerprint density at radius 3 is 2.69 bits per heavy atom. The third kappa shape index (κ3) is 5.36. The fourth-order valence-corrected chi connectivity index (χ4v) is 0.822. The number of Topliss-reactive ketones (excluding diaryl/α,β-unsaturated/α-hetero) is 1. The van der Waals surface area contributed by atoms with Gasteiger partial charge in [-0.15, -0.1) is 0 Å². The summed E-state index contributed by atoms with van der Waals surface area (Å²) in [6, 6.07) is -0.998. The number of carbonyl (C=O) groups excluding carboxylic acids is 2. The molecule has 6 heteroatoms. The van der Waals surface area contributed by atoms with Gasteiger partial charge >= 0.3 is 75.9 Å². The summed E-state index contributed by atoms with van der Waals surface area (Å²) in [4.78, 5) is 21.6. The van der Waals surface area contributed by atoms with Crippen LogP contribution >= 0.6 is 7.92 Å². The van der Waals surface area contributed by atoms with Crippen molar-refractivity contribution in [2.24, 2.45) is 5.73 Å². The molecule has 0 aromatic carbocycles. The zero-order valence-electron chi connectivity index (χ0n) is 7.15. The molecule has 0 unspecified atom stereocenters. The summed E-state index contributed by atoms with van der Waals surface area (Å²) in [5.41, 5.74) is 7.26. The van der Waals surface area contributed by atoms with Crippen molar-refractivity contribution < 1.29 is 18.9 Å². The van der Waals surface area contributed by atoms with Gasteiger partial charge in [0.2, 0.25) is 0 Å². The van der Waals surface area contributed by atoms with Gasteiger partial charge in [-0.1, -0.05) is 0 Å². The molecular weight excluding hydrogens is 193 g/mol. The molecule has 5 nitrogen and oxygen atoms in total. The van der Waals surface area contributed by atoms with Gasteiger partial charge in [0.1, 0.15) is 0 Å². The van der Waals surface area contributed by atoms with Crippen LogP contribution in [0.25, 0.3) is 0 Å². The average Bonchev–Trinajstić information content (AvgIpc) is 2.05. The van der Waals surface area contributed by atoms with E-state index in [0.717, 1.165) is 0 Å². The van der Waals surface area contributed by atoms with E-state index in [1.54, 1.807) is 6.92 Å². The summed E-state index contributed by atoms with van der Waals surface area (Å²) >= 11 is 0. The van der Waals surface area contributed by atoms with E-state index in [4.69, 9.17) is 5.73 Å². The fourth-order valence-electron chi connectivity index (χ4n) is 0.629. The molecule has 0 bridgehead atoms. The molecule has 1 atom stereocenters. The third-order valence-electron chi connectivity index (χ3n) is 1.16. The number of rotatable bonds is 4. The maximum absolute atomic E-state index is 10.9. The summed E-state index contributed by atoms with van der Waals surface area (Å²) in [7, 11) is -0.503. The molecule has 0 aromatic rings. The Balaban J connectivity index is 4.04. The monoisotopic (exact) mass is 203 g/mol. The SMILES string of the molecule is CCOC(=O)[C@H](N)CC(=O)C#P=O. The predicted molar refractivity (Wildman–Crippen MR) is 45.7 cm³/mol. The first-order chi connectivity index (χ1) is 6.11. The van der Waals surface area contributed by atoms with Crippen LogP contribution in [-0.4, -0.2) is 24.4 Å². The van der Waals surface area contributed by atoms with Gasteiger partial charge in [-0.25, -0.2) is 0 Å². The van der Waals surface area contributed by atoms with Crippen LogP contribution in [0.4, 0.5) is 0 Å². The number of carbonyl (C=O) groups is 2. The van der Waals surface area contributed by atoms with Crippen LogP contribution in [-0.2, 0) is 18.9 Å². The Morgan fingerprint density at radius 1 is 1.62 bits per heavy atom. The molecule has 0 radical (unpaired) electrons. The quantitative estimate of drug-likeness (QED) is 0.516. The third-order valence-corrected chi connectivity index (χ3v) is 1.51. The van der Waals surface area contributed by atoms with Gasteiger partial charge in [0.15, 0.2) is 0 Å². The zero-order valence-corrected chi connectivity index (χ0v) is 8.04. The van der Waals surface area contributed by atoms with Gasteiger partial charge in [0.05, 0.1) is 0 Å². The Bertz CT molecular complexity index is 295. The van der Waals surface area contributed by atoms with Crippen molar-refractivity contribution in [1.82, 2.24) is 0 Å². The minimum absolute atomic E-state index is 0.216. The number of ether oxygens (including phenoxy) is 1. The van der Waals surface area contributed by atoms with E-state index in [1.807, 2.05) is 5.63 Å². The molecule has 13 heavy (non-hydrogen) atoms. The maximum atomic E-state index is 10.9. The van der Waals surface area contributed by atoms with E-state index < -0.39 is 25.7 Å². The average molecular weight is 203 g/mol. The summed E-state index contributed by atoms with van der Waals surface area (Å²) in [5.74, 6) is -1.20. The van der Waals surface area contributed by atoms with Crippen LogP contribution < -0.4 is 5.73 Å². The summed E-state index contributed by atoms with van der Waals surface area (Å²) in [5, 5.41) is 0. The van der Waals surface area contributed by atoms with E-state index in [0.29, 0.717) is 0 Å². The molecule has 0 heterocycles. The molecule has 0 spiro atoms. The van der Waals surface area contributed by atoms with E-state index in [2.05, 4.69) is 4.74 Å². The first-order valence-corrected chi connectivity index (χ1v) is 4.46. The Kier molecular flexibility index (Phi) is 6.15. The fraction of sp³-hybridized carbons (Fsp3) is 0.571. The van der Waals surface area contributed by atoms with Gasteiger partial charge < -0.3 is 0 Å². The molecule has 0 aliphatic carbocycles. The van der Waals surface area contributed by atoms with Crippen molar-refractivity contribution in [3.8, 4) is 5.63 Å². The van der Waals surface area contributed by atoms with Crippen LogP contribution in [0.15, 0.2) is 0 Å². The van der Waals surface area contributed by atoms with E-state index in [-0.39, 0.29) is 13.0 Å². The van der Waals surface area contributed by atoms with Crippen LogP contribution in [0.2, 0.25) is 0 Å². The first kappa shape index (κ1) is 12.1. The van der Waals surface area contributed by atoms with Crippen LogP contribution in [0.5, 0.6) is 0 Å². The molecular formula is C7H10NO4P. The van der Waals surface area contributed by atoms with Gasteiger partial charge in [-0.2, -0.15) is 0 Å². The second-order valence-corrected chi connectivity index (χ2v) is 2.60. The van der Waals surface area contributed by atoms with Gasteiger partial charge in [0, 0.05) is 0 Å². The summed E-state index contributed by atoms with van der Waals surface area (Å²) in [6.07, 6.45) is -0.228. The Morgan fingerprint density at radius 2 is 2.23 bits per heavy atom. The standard InChI is InChI=1S/C7H10NO4P/c1-2-12-7(10)6(8)3-5(9)4-13-11/h6H,2-3,8H2,1H3/t6-/m1/s1. The zero-order chi connectivity index (χ0) is 10.3. The Labute approximate surface area is 76.7 Å². The van der Waals surface area contributed by atoms with E-state index in [9.17, 15) is 14.2 Å². The second-order valence-electron chi connectivity index (χ2n) is 2.19. The molecule has 0 saturated carbocycles. The van der Waals surface area contributed by atoms with Crippen LogP contribution in [0.1, 0.15) is 13.3 Å². The molecule has 0 rings (SSSR count). The number of hydrogen-bond donors (Lipinski definition) is 1. The van der Waals surface area contributed by atoms with E-state index in [1.165, 1.54) is 0 Å². The second kappa shape index (κ2) is 6.61. The normalized spacial score (nSPS) is 11.2. The van der Waals surface area contributed by atoms with Crippen molar-refractivity contribution in [1.29, 1.82) is 0 Å². The number of ketones is 1. The Hall–Kier alpha value is -0.890. The van der Waals surface area contributed by atoms with Crippen molar-refractivity contribution in [2.75, 3.05) is 6.61 Å². The number of hydrogen-bond acceptors (Lipinski definition) is 5. The summed E-state index contributed by atoms with van der Waals surface area (Å²) < 4.78 is 14.5. The number of esters is 1. The predicted octanol–water partition coefficient (Wildman–Crippen LogP) is 0.0869. The van der Waals surface area contributed by atoms with E-state index >= 15 is 0 Å². The van der Waals surface area contributed by atoms with Gasteiger partial charge in [-0.3, -0.25) is 0 Å². The van der Waals surface area contributed by atoms with Crippen LogP contribution in [0.3, 0.4) is 0 Å². The first-order valence-electron chi connectivity index (χ1n) is 3.65. The van der Waals surface area contributed by atoms with Crippen molar-refractivity contribution in [3.63, 3.8) is 0 Å². The molecule has 72 valence electrons. The van der Waals surface area contributed by atoms with Crippen molar-refractivity contribution >= 4 is 19.7 Å². The molecule has 2 N–H and O–H groups in total. The molecule has 0 fully saturated rings.